The Morgan fingerprint density at radius 3 is 2.62 bits per heavy atom. The van der Waals surface area contributed by atoms with E-state index < -0.39 is 11.7 Å². The van der Waals surface area contributed by atoms with Crippen molar-refractivity contribution in [2.75, 3.05) is 24.0 Å². The number of nitrogens with one attached hydrogen (secondary N) is 2. The number of pyridine rings is 1. The highest BCUT2D eigenvalue weighted by Crippen LogP contribution is 2.37. The second-order valence-electron chi connectivity index (χ2n) is 8.20. The Bertz CT molecular complexity index is 1530. The fraction of sp³-hybridized carbons (Fsp3) is 0.172. The molecule has 0 atom stereocenters. The smallest absolute Gasteiger partial charge is 0.266 e. The number of amides is 2. The lowest BCUT2D eigenvalue weighted by molar-refractivity contribution is -0.115. The van der Waals surface area contributed by atoms with Crippen LogP contribution in [0.1, 0.15) is 35.5 Å². The molecule has 2 N–H and O–H groups in total. The van der Waals surface area contributed by atoms with Gasteiger partial charge in [-0.1, -0.05) is 25.1 Å². The van der Waals surface area contributed by atoms with Crippen LogP contribution in [-0.2, 0) is 9.53 Å². The molecule has 2 aromatic carbocycles. The molecule has 4 aromatic rings. The summed E-state index contributed by atoms with van der Waals surface area (Å²) in [5.41, 5.74) is 2.50. The van der Waals surface area contributed by atoms with Gasteiger partial charge in [0, 0.05) is 35.9 Å². The molecule has 0 saturated heterocycles. The Labute approximate surface area is 229 Å². The highest BCUT2D eigenvalue weighted by atomic mass is 32.1. The van der Waals surface area contributed by atoms with Gasteiger partial charge < -0.3 is 20.1 Å². The Hall–Kier alpha value is -4.59. The second kappa shape index (κ2) is 12.8. The monoisotopic (exact) mass is 544 g/mol. The predicted molar refractivity (Wildman–Crippen MR) is 148 cm³/mol. The lowest BCUT2D eigenvalue weighted by atomic mass is 9.97. The maximum absolute atomic E-state index is 14.1. The number of benzene rings is 2. The van der Waals surface area contributed by atoms with Gasteiger partial charge in [-0.2, -0.15) is 5.26 Å². The number of nitrogens with zero attached hydrogens (tertiary/aromatic N) is 2. The molecule has 0 aliphatic heterocycles. The van der Waals surface area contributed by atoms with Gasteiger partial charge in [0.15, 0.2) is 12.6 Å². The van der Waals surface area contributed by atoms with Crippen molar-refractivity contribution in [3.63, 3.8) is 0 Å². The average molecular weight is 545 g/mol. The van der Waals surface area contributed by atoms with Crippen molar-refractivity contribution in [1.82, 2.24) is 4.98 Å². The largest absolute Gasteiger partial charge is 0.467 e. The summed E-state index contributed by atoms with van der Waals surface area (Å²) in [5.74, 6) is -0.871. The molecule has 2 aromatic heterocycles. The fourth-order valence-electron chi connectivity index (χ4n) is 3.72. The molecule has 0 aliphatic rings. The van der Waals surface area contributed by atoms with Crippen molar-refractivity contribution < 1.29 is 23.5 Å². The van der Waals surface area contributed by atoms with Crippen LogP contribution in [-0.4, -0.2) is 30.2 Å². The first-order valence-corrected chi connectivity index (χ1v) is 13.0. The van der Waals surface area contributed by atoms with Gasteiger partial charge in [-0.05, 0) is 54.3 Å². The van der Waals surface area contributed by atoms with E-state index in [0.717, 1.165) is 0 Å². The first kappa shape index (κ1) is 27.4. The van der Waals surface area contributed by atoms with Gasteiger partial charge >= 0.3 is 0 Å². The van der Waals surface area contributed by atoms with Crippen LogP contribution in [0.15, 0.2) is 66.0 Å². The number of nitriles is 1. The summed E-state index contributed by atoms with van der Waals surface area (Å²) < 4.78 is 25.1. The minimum absolute atomic E-state index is 0.0338. The van der Waals surface area contributed by atoms with E-state index in [-0.39, 0.29) is 29.8 Å². The van der Waals surface area contributed by atoms with E-state index in [0.29, 0.717) is 46.0 Å². The number of hydrogen-bond acceptors (Lipinski definition) is 7. The minimum Gasteiger partial charge on any atom is -0.467 e. The number of rotatable bonds is 10. The van der Waals surface area contributed by atoms with E-state index >= 15 is 0 Å². The third kappa shape index (κ3) is 6.65. The lowest BCUT2D eigenvalue weighted by Crippen LogP contribution is -2.14. The Balaban J connectivity index is 1.88. The molecule has 0 spiro atoms. The van der Waals surface area contributed by atoms with Crippen molar-refractivity contribution in [2.45, 2.75) is 20.3 Å². The van der Waals surface area contributed by atoms with E-state index in [1.807, 2.05) is 6.92 Å². The van der Waals surface area contributed by atoms with Crippen molar-refractivity contribution in [1.29, 1.82) is 5.26 Å². The van der Waals surface area contributed by atoms with Crippen LogP contribution in [0, 0.1) is 17.1 Å². The predicted octanol–water partition coefficient (Wildman–Crippen LogP) is 6.46. The number of hydrogen-bond donors (Lipinski definition) is 2. The van der Waals surface area contributed by atoms with E-state index in [1.165, 1.54) is 29.5 Å². The molecule has 8 nitrogen and oxygen atoms in total. The maximum atomic E-state index is 14.1. The Morgan fingerprint density at radius 1 is 1.05 bits per heavy atom. The molecule has 198 valence electrons. The summed E-state index contributed by atoms with van der Waals surface area (Å²) in [5, 5.41) is 17.5. The minimum atomic E-state index is -0.510. The molecule has 2 heterocycles. The topological polar surface area (TPSA) is 113 Å². The van der Waals surface area contributed by atoms with Crippen molar-refractivity contribution >= 4 is 34.7 Å². The van der Waals surface area contributed by atoms with Crippen LogP contribution in [0.2, 0.25) is 0 Å². The number of carbonyl (C=O) groups excluding carboxylic acids is 2. The molecule has 2 amide bonds. The van der Waals surface area contributed by atoms with Gasteiger partial charge in [-0.15, -0.1) is 11.3 Å². The standard InChI is InChI=1S/C29H25FN4O4S/c1-3-27(35)32-20-8-5-7-18(13-20)22-15-24(21-11-10-19(30)14-25(21)38-17-37-4-2)33-28(23(22)16-31)34-29(36)26-9-6-12-39-26/h5-15H,3-4,17H2,1-2H3,(H,32,35)(H,33,34,36). The van der Waals surface area contributed by atoms with Gasteiger partial charge in [0.1, 0.15) is 23.2 Å². The third-order valence-electron chi connectivity index (χ3n) is 5.61. The first-order valence-electron chi connectivity index (χ1n) is 12.1. The van der Waals surface area contributed by atoms with Gasteiger partial charge in [0.05, 0.1) is 10.6 Å². The third-order valence-corrected chi connectivity index (χ3v) is 6.48. The number of halogens is 1. The SMILES string of the molecule is CCOCOc1cc(F)ccc1-c1cc(-c2cccc(NC(=O)CC)c2)c(C#N)c(NC(=O)c2cccs2)n1. The molecule has 0 fully saturated rings. The summed E-state index contributed by atoms with van der Waals surface area (Å²) in [6.07, 6.45) is 0.307. The molecule has 0 bridgehead atoms. The highest BCUT2D eigenvalue weighted by Gasteiger charge is 2.20. The summed E-state index contributed by atoms with van der Waals surface area (Å²) in [4.78, 5) is 30.0. The number of thiophene rings is 1. The fourth-order valence-corrected chi connectivity index (χ4v) is 4.34. The summed E-state index contributed by atoms with van der Waals surface area (Å²) >= 11 is 1.25. The summed E-state index contributed by atoms with van der Waals surface area (Å²) in [7, 11) is 0. The first-order chi connectivity index (χ1) is 18.9. The molecule has 10 heteroatoms. The van der Waals surface area contributed by atoms with Crippen molar-refractivity contribution in [3.05, 3.63) is 82.3 Å². The van der Waals surface area contributed by atoms with Crippen LogP contribution in [0.25, 0.3) is 22.4 Å². The zero-order valence-corrected chi connectivity index (χ0v) is 22.1. The van der Waals surface area contributed by atoms with Gasteiger partial charge in [-0.25, -0.2) is 9.37 Å². The van der Waals surface area contributed by atoms with Crippen LogP contribution in [0.4, 0.5) is 15.9 Å². The van der Waals surface area contributed by atoms with Gasteiger partial charge in [-0.3, -0.25) is 9.59 Å². The lowest BCUT2D eigenvalue weighted by Gasteiger charge is -2.16. The maximum Gasteiger partial charge on any atom is 0.266 e. The van der Waals surface area contributed by atoms with E-state index in [1.54, 1.807) is 54.8 Å². The zero-order chi connectivity index (χ0) is 27.8. The number of aromatic nitrogens is 1. The molecule has 4 rings (SSSR count). The van der Waals surface area contributed by atoms with Crippen LogP contribution in [0.3, 0.4) is 0 Å². The second-order valence-corrected chi connectivity index (χ2v) is 9.15. The van der Waals surface area contributed by atoms with E-state index in [2.05, 4.69) is 21.7 Å². The average Bonchev–Trinajstić information content (AvgIpc) is 3.48. The van der Waals surface area contributed by atoms with Crippen molar-refractivity contribution in [2.24, 2.45) is 0 Å². The molecule has 0 unspecified atom stereocenters. The molecule has 0 saturated carbocycles. The van der Waals surface area contributed by atoms with E-state index in [9.17, 15) is 19.2 Å². The zero-order valence-electron chi connectivity index (χ0n) is 21.3. The highest BCUT2D eigenvalue weighted by molar-refractivity contribution is 7.12. The van der Waals surface area contributed by atoms with Crippen LogP contribution in [0.5, 0.6) is 5.75 Å². The van der Waals surface area contributed by atoms with Crippen LogP contribution >= 0.6 is 11.3 Å². The molecule has 0 aliphatic carbocycles. The van der Waals surface area contributed by atoms with Gasteiger partial charge in [0.2, 0.25) is 5.91 Å². The molecule has 39 heavy (non-hydrogen) atoms. The molecule has 0 radical (unpaired) electrons. The summed E-state index contributed by atoms with van der Waals surface area (Å²) in [6, 6.07) is 18.2. The Kier molecular flexibility index (Phi) is 8.99. The quantitative estimate of drug-likeness (QED) is 0.175. The van der Waals surface area contributed by atoms with Gasteiger partial charge in [0.25, 0.3) is 5.91 Å². The van der Waals surface area contributed by atoms with E-state index in [4.69, 9.17) is 9.47 Å². The molecular weight excluding hydrogens is 519 g/mol. The van der Waals surface area contributed by atoms with Crippen molar-refractivity contribution in [3.8, 4) is 34.2 Å². The Morgan fingerprint density at radius 2 is 1.90 bits per heavy atom. The molecular formula is C29H25FN4O4S. The van der Waals surface area contributed by atoms with Crippen LogP contribution < -0.4 is 15.4 Å². The normalized spacial score (nSPS) is 10.5. The number of anilines is 2. The number of carbonyl (C=O) groups is 2. The number of ether oxygens (including phenoxy) is 2. The summed E-state index contributed by atoms with van der Waals surface area (Å²) in [6.45, 7) is 3.87.